The first kappa shape index (κ1) is 15.0. The predicted octanol–water partition coefficient (Wildman–Crippen LogP) is 3.09. The van der Waals surface area contributed by atoms with Gasteiger partial charge in [-0.3, -0.25) is 4.79 Å². The SMILES string of the molecule is CC(c1cccc(Cl)c1)N(C)C(=O)c1csc(CN)n1. The van der Waals surface area contributed by atoms with Crippen LogP contribution in [0.4, 0.5) is 0 Å². The number of thiazole rings is 1. The lowest BCUT2D eigenvalue weighted by atomic mass is 10.1. The Morgan fingerprint density at radius 2 is 2.30 bits per heavy atom. The molecular weight excluding hydrogens is 294 g/mol. The maximum atomic E-state index is 12.4. The van der Waals surface area contributed by atoms with Gasteiger partial charge in [0.05, 0.1) is 6.04 Å². The van der Waals surface area contributed by atoms with Gasteiger partial charge >= 0.3 is 0 Å². The monoisotopic (exact) mass is 309 g/mol. The van der Waals surface area contributed by atoms with Gasteiger partial charge in [-0.1, -0.05) is 23.7 Å². The van der Waals surface area contributed by atoms with Crippen LogP contribution in [0.2, 0.25) is 5.02 Å². The van der Waals surface area contributed by atoms with E-state index in [2.05, 4.69) is 4.98 Å². The molecule has 20 heavy (non-hydrogen) atoms. The van der Waals surface area contributed by atoms with Gasteiger partial charge in [-0.15, -0.1) is 11.3 Å². The predicted molar refractivity (Wildman–Crippen MR) is 82.0 cm³/mol. The fraction of sp³-hybridized carbons (Fsp3) is 0.286. The van der Waals surface area contributed by atoms with Crippen molar-refractivity contribution in [1.29, 1.82) is 0 Å². The molecule has 1 atom stereocenters. The second kappa shape index (κ2) is 6.35. The fourth-order valence-corrected chi connectivity index (χ4v) is 2.70. The Labute approximate surface area is 127 Å². The molecule has 0 bridgehead atoms. The van der Waals surface area contributed by atoms with Crippen LogP contribution >= 0.6 is 22.9 Å². The van der Waals surface area contributed by atoms with E-state index in [-0.39, 0.29) is 11.9 Å². The van der Waals surface area contributed by atoms with Gasteiger partial charge in [-0.2, -0.15) is 0 Å². The lowest BCUT2D eigenvalue weighted by Gasteiger charge is -2.24. The minimum absolute atomic E-state index is 0.0794. The van der Waals surface area contributed by atoms with Gasteiger partial charge < -0.3 is 10.6 Å². The molecule has 0 saturated heterocycles. The first-order valence-electron chi connectivity index (χ1n) is 6.20. The van der Waals surface area contributed by atoms with Crippen LogP contribution in [0.25, 0.3) is 0 Å². The Kier molecular flexibility index (Phi) is 4.75. The quantitative estimate of drug-likeness (QED) is 0.944. The van der Waals surface area contributed by atoms with E-state index in [4.69, 9.17) is 17.3 Å². The Hall–Kier alpha value is -1.43. The summed E-state index contributed by atoms with van der Waals surface area (Å²) in [7, 11) is 1.76. The molecule has 0 saturated carbocycles. The molecule has 1 heterocycles. The fourth-order valence-electron chi connectivity index (χ4n) is 1.85. The number of benzene rings is 1. The molecule has 6 heteroatoms. The van der Waals surface area contributed by atoms with Crippen molar-refractivity contribution in [3.8, 4) is 0 Å². The van der Waals surface area contributed by atoms with E-state index in [0.29, 0.717) is 17.3 Å². The molecule has 1 unspecified atom stereocenters. The molecule has 106 valence electrons. The summed E-state index contributed by atoms with van der Waals surface area (Å²) in [5.74, 6) is -0.117. The third-order valence-electron chi connectivity index (χ3n) is 3.18. The molecule has 1 amide bonds. The Morgan fingerprint density at radius 3 is 2.90 bits per heavy atom. The number of carbonyl (C=O) groups excluding carboxylic acids is 1. The van der Waals surface area contributed by atoms with E-state index < -0.39 is 0 Å². The van der Waals surface area contributed by atoms with E-state index in [1.165, 1.54) is 11.3 Å². The highest BCUT2D eigenvalue weighted by Gasteiger charge is 2.21. The maximum Gasteiger partial charge on any atom is 0.273 e. The topological polar surface area (TPSA) is 59.2 Å². The zero-order chi connectivity index (χ0) is 14.7. The Balaban J connectivity index is 2.17. The number of rotatable bonds is 4. The van der Waals surface area contributed by atoms with Crippen LogP contribution in [-0.2, 0) is 6.54 Å². The van der Waals surface area contributed by atoms with Crippen molar-refractivity contribution in [2.24, 2.45) is 5.73 Å². The molecule has 1 aromatic heterocycles. The van der Waals surface area contributed by atoms with Gasteiger partial charge in [-0.25, -0.2) is 4.98 Å². The molecule has 1 aromatic carbocycles. The zero-order valence-corrected chi connectivity index (χ0v) is 12.9. The van der Waals surface area contributed by atoms with Gasteiger partial charge in [0, 0.05) is 24.0 Å². The third-order valence-corrected chi connectivity index (χ3v) is 4.28. The first-order valence-corrected chi connectivity index (χ1v) is 7.45. The number of aromatic nitrogens is 1. The average Bonchev–Trinajstić information content (AvgIpc) is 2.93. The summed E-state index contributed by atoms with van der Waals surface area (Å²) >= 11 is 7.38. The molecule has 0 radical (unpaired) electrons. The van der Waals surface area contributed by atoms with E-state index in [1.54, 1.807) is 17.3 Å². The molecule has 4 nitrogen and oxygen atoms in total. The highest BCUT2D eigenvalue weighted by Crippen LogP contribution is 2.23. The van der Waals surface area contributed by atoms with Gasteiger partial charge in [0.25, 0.3) is 5.91 Å². The van der Waals surface area contributed by atoms with Crippen LogP contribution in [0, 0.1) is 0 Å². The number of nitrogens with two attached hydrogens (primary N) is 1. The molecule has 2 N–H and O–H groups in total. The van der Waals surface area contributed by atoms with Crippen LogP contribution < -0.4 is 5.73 Å². The van der Waals surface area contributed by atoms with Gasteiger partial charge in [-0.05, 0) is 24.6 Å². The molecule has 0 spiro atoms. The summed E-state index contributed by atoms with van der Waals surface area (Å²) in [6.07, 6.45) is 0. The molecule has 2 rings (SSSR count). The summed E-state index contributed by atoms with van der Waals surface area (Å²) in [4.78, 5) is 18.2. The van der Waals surface area contributed by atoms with Crippen LogP contribution in [-0.4, -0.2) is 22.8 Å². The minimum atomic E-state index is -0.117. The molecule has 0 aliphatic rings. The summed E-state index contributed by atoms with van der Waals surface area (Å²) in [6.45, 7) is 2.31. The standard InChI is InChI=1S/C14H16ClN3OS/c1-9(10-4-3-5-11(15)6-10)18(2)14(19)12-8-20-13(7-16)17-12/h3-6,8-9H,7,16H2,1-2H3. The lowest BCUT2D eigenvalue weighted by molar-refractivity contribution is 0.0737. The number of amides is 1. The second-order valence-corrected chi connectivity index (χ2v) is 5.86. The Morgan fingerprint density at radius 1 is 1.55 bits per heavy atom. The minimum Gasteiger partial charge on any atom is -0.334 e. The first-order chi connectivity index (χ1) is 9.52. The average molecular weight is 310 g/mol. The summed E-state index contributed by atoms with van der Waals surface area (Å²) in [6, 6.07) is 7.42. The van der Waals surface area contributed by atoms with Gasteiger partial charge in [0.15, 0.2) is 0 Å². The van der Waals surface area contributed by atoms with Crippen molar-refractivity contribution in [2.45, 2.75) is 19.5 Å². The summed E-state index contributed by atoms with van der Waals surface area (Å²) in [5, 5.41) is 3.16. The van der Waals surface area contributed by atoms with Gasteiger partial charge in [0.2, 0.25) is 0 Å². The van der Waals surface area contributed by atoms with E-state index in [9.17, 15) is 4.79 Å². The summed E-state index contributed by atoms with van der Waals surface area (Å²) in [5.41, 5.74) is 6.94. The number of hydrogen-bond donors (Lipinski definition) is 1. The van der Waals surface area contributed by atoms with Crippen molar-refractivity contribution < 1.29 is 4.79 Å². The van der Waals surface area contributed by atoms with Crippen molar-refractivity contribution in [1.82, 2.24) is 9.88 Å². The van der Waals surface area contributed by atoms with Crippen molar-refractivity contribution in [2.75, 3.05) is 7.05 Å². The largest absolute Gasteiger partial charge is 0.334 e. The number of carbonyl (C=O) groups is 1. The molecule has 0 fully saturated rings. The molecule has 2 aromatic rings. The zero-order valence-electron chi connectivity index (χ0n) is 11.3. The normalized spacial score (nSPS) is 12.2. The highest BCUT2D eigenvalue weighted by molar-refractivity contribution is 7.09. The van der Waals surface area contributed by atoms with Crippen molar-refractivity contribution in [3.05, 3.63) is 50.9 Å². The van der Waals surface area contributed by atoms with Gasteiger partial charge in [0.1, 0.15) is 10.7 Å². The number of nitrogens with zero attached hydrogens (tertiary/aromatic N) is 2. The van der Waals surface area contributed by atoms with E-state index in [1.807, 2.05) is 31.2 Å². The number of halogens is 1. The smallest absolute Gasteiger partial charge is 0.273 e. The van der Waals surface area contributed by atoms with Crippen LogP contribution in [0.5, 0.6) is 0 Å². The van der Waals surface area contributed by atoms with Crippen molar-refractivity contribution in [3.63, 3.8) is 0 Å². The lowest BCUT2D eigenvalue weighted by Crippen LogP contribution is -2.30. The number of hydrogen-bond acceptors (Lipinski definition) is 4. The Bertz CT molecular complexity index is 614. The molecule has 0 aliphatic heterocycles. The third kappa shape index (κ3) is 3.17. The molecular formula is C14H16ClN3OS. The summed E-state index contributed by atoms with van der Waals surface area (Å²) < 4.78 is 0. The molecule has 0 aliphatic carbocycles. The highest BCUT2D eigenvalue weighted by atomic mass is 35.5. The van der Waals surface area contributed by atoms with E-state index >= 15 is 0 Å². The van der Waals surface area contributed by atoms with Crippen LogP contribution in [0.15, 0.2) is 29.6 Å². The van der Waals surface area contributed by atoms with Crippen LogP contribution in [0.1, 0.15) is 34.0 Å². The van der Waals surface area contributed by atoms with Crippen molar-refractivity contribution >= 4 is 28.8 Å². The second-order valence-electron chi connectivity index (χ2n) is 4.48. The maximum absolute atomic E-state index is 12.4. The van der Waals surface area contributed by atoms with E-state index in [0.717, 1.165) is 10.6 Å². The van der Waals surface area contributed by atoms with Crippen LogP contribution in [0.3, 0.4) is 0 Å².